The third-order valence-electron chi connectivity index (χ3n) is 11.7. The van der Waals surface area contributed by atoms with Crippen LogP contribution in [0, 0.1) is 41.5 Å². The van der Waals surface area contributed by atoms with E-state index >= 15 is 0 Å². The molecule has 55 heavy (non-hydrogen) atoms. The van der Waals surface area contributed by atoms with Gasteiger partial charge in [-0.1, -0.05) is 108 Å². The highest BCUT2D eigenvalue weighted by Crippen LogP contribution is 2.41. The molecule has 10 rings (SSSR count). The molecule has 8 aromatic carbocycles. The summed E-state index contributed by atoms with van der Waals surface area (Å²) in [5, 5.41) is 8.57. The predicted octanol–water partition coefficient (Wildman–Crippen LogP) is 14.5. The largest absolute Gasteiger partial charge is 0.309 e. The highest BCUT2D eigenvalue weighted by molar-refractivity contribution is 6.25. The molecular weight excluding hydrogens is 665 g/mol. The number of benzene rings is 8. The van der Waals surface area contributed by atoms with Gasteiger partial charge >= 0.3 is 0 Å². The summed E-state index contributed by atoms with van der Waals surface area (Å²) in [6, 6.07) is 54.0. The molecule has 2 heteroatoms. The number of aryl methyl sites for hydroxylation is 6. The fourth-order valence-electron chi connectivity index (χ4n) is 9.61. The van der Waals surface area contributed by atoms with Crippen LogP contribution < -0.4 is 0 Å². The second-order valence-electron chi connectivity index (χ2n) is 15.6. The topological polar surface area (TPSA) is 17.8 Å². The van der Waals surface area contributed by atoms with Crippen molar-refractivity contribution in [2.75, 3.05) is 0 Å². The van der Waals surface area contributed by atoms with Crippen molar-refractivity contribution >= 4 is 54.3 Å². The van der Waals surface area contributed by atoms with Gasteiger partial charge in [-0.2, -0.15) is 0 Å². The summed E-state index contributed by atoms with van der Waals surface area (Å²) in [6.07, 6.45) is 0. The van der Waals surface area contributed by atoms with Crippen LogP contribution in [0.2, 0.25) is 0 Å². The van der Waals surface area contributed by atoms with Gasteiger partial charge in [0.2, 0.25) is 0 Å². The molecule has 0 aliphatic carbocycles. The minimum absolute atomic E-state index is 0.963. The van der Waals surface area contributed by atoms with Crippen molar-refractivity contribution in [2.24, 2.45) is 0 Å². The van der Waals surface area contributed by atoms with Gasteiger partial charge in [0.05, 0.1) is 22.2 Å². The van der Waals surface area contributed by atoms with Crippen molar-refractivity contribution < 1.29 is 0 Å². The fraction of sp³-hybridized carbons (Fsp3) is 0.113. The van der Waals surface area contributed by atoms with E-state index in [2.05, 4.69) is 192 Å². The standard InChI is InChI=1S/C53H42N2/c1-31-24-33(3)51(34(4)25-31)38-18-20-41-42-21-19-39(52-35(5)26-32(2)27-36(52)6)30-47(42)53-45(46(41)29-38)22-23-48(54-53)37-12-11-13-40(28-37)55-49-16-9-7-14-43(49)44-15-8-10-17-50(44)55/h7-30H,1-6H3. The molecule has 0 amide bonds. The van der Waals surface area contributed by atoms with Crippen LogP contribution in [0.1, 0.15) is 33.4 Å². The lowest BCUT2D eigenvalue weighted by Crippen LogP contribution is -1.95. The second kappa shape index (κ2) is 12.5. The molecule has 2 nitrogen and oxygen atoms in total. The molecule has 264 valence electrons. The summed E-state index contributed by atoms with van der Waals surface area (Å²) in [4.78, 5) is 5.60. The highest BCUT2D eigenvalue weighted by Gasteiger charge is 2.17. The first-order valence-corrected chi connectivity index (χ1v) is 19.3. The van der Waals surface area contributed by atoms with Crippen LogP contribution in [0.5, 0.6) is 0 Å². The van der Waals surface area contributed by atoms with Crippen molar-refractivity contribution in [3.05, 3.63) is 179 Å². The maximum Gasteiger partial charge on any atom is 0.0794 e. The van der Waals surface area contributed by atoms with Crippen LogP contribution in [0.3, 0.4) is 0 Å². The molecule has 0 spiro atoms. The van der Waals surface area contributed by atoms with E-state index in [0.29, 0.717) is 0 Å². The van der Waals surface area contributed by atoms with E-state index in [0.717, 1.165) is 22.5 Å². The minimum Gasteiger partial charge on any atom is -0.309 e. The maximum absolute atomic E-state index is 5.60. The Labute approximate surface area is 322 Å². The molecule has 0 N–H and O–H groups in total. The summed E-state index contributed by atoms with van der Waals surface area (Å²) >= 11 is 0. The van der Waals surface area contributed by atoms with Crippen molar-refractivity contribution in [3.8, 4) is 39.2 Å². The van der Waals surface area contributed by atoms with Crippen molar-refractivity contribution in [2.45, 2.75) is 41.5 Å². The van der Waals surface area contributed by atoms with Gasteiger partial charge in [0.1, 0.15) is 0 Å². The minimum atomic E-state index is 0.963. The van der Waals surface area contributed by atoms with Crippen LogP contribution in [-0.2, 0) is 0 Å². The normalized spacial score (nSPS) is 11.8. The first kappa shape index (κ1) is 33.1. The number of hydrogen-bond acceptors (Lipinski definition) is 1. The molecule has 0 fully saturated rings. The van der Waals surface area contributed by atoms with Gasteiger partial charge in [0.15, 0.2) is 0 Å². The molecule has 0 saturated carbocycles. The lowest BCUT2D eigenvalue weighted by atomic mass is 9.88. The van der Waals surface area contributed by atoms with Crippen molar-refractivity contribution in [3.63, 3.8) is 0 Å². The van der Waals surface area contributed by atoms with Crippen LogP contribution in [0.4, 0.5) is 0 Å². The number of hydrogen-bond donors (Lipinski definition) is 0. The molecule has 0 radical (unpaired) electrons. The molecule has 2 heterocycles. The summed E-state index contributed by atoms with van der Waals surface area (Å²) in [5.74, 6) is 0. The lowest BCUT2D eigenvalue weighted by Gasteiger charge is -2.17. The summed E-state index contributed by atoms with van der Waals surface area (Å²) in [5.41, 5.74) is 19.5. The summed E-state index contributed by atoms with van der Waals surface area (Å²) in [7, 11) is 0. The number of nitrogens with zero attached hydrogens (tertiary/aromatic N) is 2. The zero-order valence-electron chi connectivity index (χ0n) is 32.3. The third kappa shape index (κ3) is 5.28. The number of aromatic nitrogens is 2. The van der Waals surface area contributed by atoms with E-state index in [1.807, 2.05) is 0 Å². The van der Waals surface area contributed by atoms with E-state index in [1.54, 1.807) is 0 Å². The van der Waals surface area contributed by atoms with Gasteiger partial charge in [-0.3, -0.25) is 0 Å². The molecule has 0 bridgehead atoms. The Hall–Kier alpha value is -6.51. The van der Waals surface area contributed by atoms with Crippen molar-refractivity contribution in [1.82, 2.24) is 9.55 Å². The summed E-state index contributed by atoms with van der Waals surface area (Å²) < 4.78 is 2.38. The van der Waals surface area contributed by atoms with E-state index in [-0.39, 0.29) is 0 Å². The number of para-hydroxylation sites is 2. The van der Waals surface area contributed by atoms with Crippen LogP contribution in [-0.4, -0.2) is 9.55 Å². The maximum atomic E-state index is 5.60. The van der Waals surface area contributed by atoms with Gasteiger partial charge in [-0.05, 0) is 151 Å². The zero-order chi connectivity index (χ0) is 37.5. The van der Waals surface area contributed by atoms with Gasteiger partial charge in [-0.25, -0.2) is 4.98 Å². The Morgan fingerprint density at radius 1 is 0.364 bits per heavy atom. The zero-order valence-corrected chi connectivity index (χ0v) is 32.3. The van der Waals surface area contributed by atoms with Gasteiger partial charge in [-0.15, -0.1) is 0 Å². The average Bonchev–Trinajstić information content (AvgIpc) is 3.51. The molecule has 0 unspecified atom stereocenters. The number of fused-ring (bicyclic) bond motifs is 9. The van der Waals surface area contributed by atoms with E-state index < -0.39 is 0 Å². The highest BCUT2D eigenvalue weighted by atomic mass is 15.0. The van der Waals surface area contributed by atoms with Crippen LogP contribution in [0.15, 0.2) is 146 Å². The van der Waals surface area contributed by atoms with Crippen LogP contribution >= 0.6 is 0 Å². The van der Waals surface area contributed by atoms with E-state index in [1.165, 1.54) is 104 Å². The number of rotatable bonds is 4. The lowest BCUT2D eigenvalue weighted by molar-refractivity contribution is 1.18. The molecule has 0 atom stereocenters. The predicted molar refractivity (Wildman–Crippen MR) is 236 cm³/mol. The Bertz CT molecular complexity index is 3110. The first-order chi connectivity index (χ1) is 26.7. The van der Waals surface area contributed by atoms with Gasteiger partial charge < -0.3 is 4.57 Å². The first-order valence-electron chi connectivity index (χ1n) is 19.3. The molecule has 10 aromatic rings. The van der Waals surface area contributed by atoms with Crippen molar-refractivity contribution in [1.29, 1.82) is 0 Å². The molecule has 0 saturated heterocycles. The van der Waals surface area contributed by atoms with Crippen LogP contribution in [0.25, 0.3) is 93.5 Å². The molecule has 0 aliphatic rings. The third-order valence-corrected chi connectivity index (χ3v) is 11.7. The molecule has 2 aromatic heterocycles. The molecular formula is C53H42N2. The quantitative estimate of drug-likeness (QED) is 0.167. The average molecular weight is 707 g/mol. The SMILES string of the molecule is Cc1cc(C)c(-c2ccc3c(c2)c2ccc(-c4cccc(-n5c6ccccc6c6ccccc65)c4)nc2c2cc(-c4c(C)cc(C)cc4C)ccc32)c(C)c1. The van der Waals surface area contributed by atoms with E-state index in [9.17, 15) is 0 Å². The van der Waals surface area contributed by atoms with E-state index in [4.69, 9.17) is 4.98 Å². The van der Waals surface area contributed by atoms with Gasteiger partial charge in [0.25, 0.3) is 0 Å². The Balaban J connectivity index is 1.23. The Morgan fingerprint density at radius 3 is 1.45 bits per heavy atom. The van der Waals surface area contributed by atoms with Gasteiger partial charge in [0, 0.05) is 32.8 Å². The Morgan fingerprint density at radius 2 is 0.873 bits per heavy atom. The monoisotopic (exact) mass is 706 g/mol. The second-order valence-corrected chi connectivity index (χ2v) is 15.6. The smallest absolute Gasteiger partial charge is 0.0794 e. The summed E-state index contributed by atoms with van der Waals surface area (Å²) in [6.45, 7) is 13.3. The number of pyridine rings is 1. The Kier molecular flexibility index (Phi) is 7.54. The molecule has 0 aliphatic heterocycles. The fourth-order valence-corrected chi connectivity index (χ4v) is 9.61.